The molecule has 0 aromatic carbocycles. The zero-order valence-corrected chi connectivity index (χ0v) is 22.0. The molecule has 198 valence electrons. The quantitative estimate of drug-likeness (QED) is 0.493. The van der Waals surface area contributed by atoms with Gasteiger partial charge in [-0.25, -0.2) is 9.97 Å². The summed E-state index contributed by atoms with van der Waals surface area (Å²) >= 11 is 1.01. The SMILES string of the molecule is Cc1cc(N[C@@H](C)C(F)(F)F)ncc1-c1sc(C(=O)N[C@H](C)C(C)(C)O)nc1C(=O)N1CCC[C@@H]1C. The highest BCUT2D eigenvalue weighted by atomic mass is 32.1. The van der Waals surface area contributed by atoms with Crippen molar-refractivity contribution in [3.63, 3.8) is 0 Å². The summed E-state index contributed by atoms with van der Waals surface area (Å²) in [5.41, 5.74) is 0.00782. The normalized spacial score (nSPS) is 18.2. The molecule has 0 unspecified atom stereocenters. The number of rotatable bonds is 7. The molecule has 3 rings (SSSR count). The molecule has 1 fully saturated rings. The van der Waals surface area contributed by atoms with E-state index >= 15 is 0 Å². The van der Waals surface area contributed by atoms with Gasteiger partial charge in [-0.1, -0.05) is 0 Å². The average molecular weight is 528 g/mol. The van der Waals surface area contributed by atoms with Gasteiger partial charge < -0.3 is 20.6 Å². The second kappa shape index (κ2) is 10.3. The van der Waals surface area contributed by atoms with Crippen molar-refractivity contribution in [2.75, 3.05) is 11.9 Å². The Labute approximate surface area is 212 Å². The summed E-state index contributed by atoms with van der Waals surface area (Å²) in [6.45, 7) is 10.0. The van der Waals surface area contributed by atoms with Gasteiger partial charge in [-0.3, -0.25) is 9.59 Å². The Hall–Kier alpha value is -2.73. The number of amides is 2. The number of anilines is 1. The average Bonchev–Trinajstić information content (AvgIpc) is 3.38. The van der Waals surface area contributed by atoms with Crippen LogP contribution in [0.1, 0.15) is 73.3 Å². The fraction of sp³-hybridized carbons (Fsp3) is 0.583. The third kappa shape index (κ3) is 6.15. The number of alkyl halides is 3. The van der Waals surface area contributed by atoms with E-state index in [9.17, 15) is 27.9 Å². The van der Waals surface area contributed by atoms with E-state index in [1.807, 2.05) is 6.92 Å². The molecule has 3 N–H and O–H groups in total. The lowest BCUT2D eigenvalue weighted by molar-refractivity contribution is -0.138. The largest absolute Gasteiger partial charge is 0.408 e. The van der Waals surface area contributed by atoms with Gasteiger partial charge in [-0.15, -0.1) is 11.3 Å². The van der Waals surface area contributed by atoms with Crippen molar-refractivity contribution in [3.05, 3.63) is 28.5 Å². The summed E-state index contributed by atoms with van der Waals surface area (Å²) in [6.07, 6.45) is -1.32. The highest BCUT2D eigenvalue weighted by molar-refractivity contribution is 7.17. The lowest BCUT2D eigenvalue weighted by Crippen LogP contribution is -2.47. The molecule has 2 amide bonds. The Bertz CT molecular complexity index is 1130. The lowest BCUT2D eigenvalue weighted by atomic mass is 10.0. The molecule has 0 radical (unpaired) electrons. The number of aliphatic hydroxyl groups is 1. The standard InChI is InChI=1S/C24H32F3N5O3S/c1-12-10-17(29-15(4)24(25,26)27)28-11-16(12)19-18(22(34)32-9-7-8-13(32)2)31-21(36-19)20(33)30-14(3)23(5,6)35/h10-11,13-15,35H,7-9H2,1-6H3,(H,28,29)(H,30,33)/t13-,14+,15-/m0/s1. The molecule has 3 heterocycles. The molecule has 1 aliphatic rings. The van der Waals surface area contributed by atoms with Crippen LogP contribution in [0.2, 0.25) is 0 Å². The molecule has 0 spiro atoms. The minimum absolute atomic E-state index is 0.0224. The zero-order valence-electron chi connectivity index (χ0n) is 21.2. The van der Waals surface area contributed by atoms with Crippen LogP contribution in [0.5, 0.6) is 0 Å². The number of thiazole rings is 1. The summed E-state index contributed by atoms with van der Waals surface area (Å²) in [6, 6.07) is -0.880. The number of carbonyl (C=O) groups excluding carboxylic acids is 2. The van der Waals surface area contributed by atoms with Crippen molar-refractivity contribution in [3.8, 4) is 10.4 Å². The lowest BCUT2D eigenvalue weighted by Gasteiger charge is -2.26. The first-order chi connectivity index (χ1) is 16.6. The van der Waals surface area contributed by atoms with Gasteiger partial charge in [-0.2, -0.15) is 13.2 Å². The second-order valence-corrected chi connectivity index (χ2v) is 10.8. The first kappa shape index (κ1) is 27.9. The molecule has 8 nitrogen and oxygen atoms in total. The highest BCUT2D eigenvalue weighted by Crippen LogP contribution is 2.35. The molecule has 0 bridgehead atoms. The fourth-order valence-corrected chi connectivity index (χ4v) is 4.76. The van der Waals surface area contributed by atoms with E-state index in [1.165, 1.54) is 12.3 Å². The predicted octanol–water partition coefficient (Wildman–Crippen LogP) is 4.39. The van der Waals surface area contributed by atoms with Gasteiger partial charge in [0, 0.05) is 24.3 Å². The van der Waals surface area contributed by atoms with Crippen molar-refractivity contribution in [1.82, 2.24) is 20.2 Å². The number of aryl methyl sites for hydroxylation is 1. The molecule has 1 aliphatic heterocycles. The highest BCUT2D eigenvalue weighted by Gasteiger charge is 2.36. The van der Waals surface area contributed by atoms with Gasteiger partial charge in [0.15, 0.2) is 5.01 Å². The third-order valence-corrected chi connectivity index (χ3v) is 7.54. The Morgan fingerprint density at radius 2 is 1.92 bits per heavy atom. The first-order valence-corrected chi connectivity index (χ1v) is 12.6. The predicted molar refractivity (Wildman–Crippen MR) is 132 cm³/mol. The van der Waals surface area contributed by atoms with Crippen LogP contribution in [0.3, 0.4) is 0 Å². The summed E-state index contributed by atoms with van der Waals surface area (Å²) < 4.78 is 38.9. The van der Waals surface area contributed by atoms with Crippen LogP contribution in [0.25, 0.3) is 10.4 Å². The minimum Gasteiger partial charge on any atom is -0.388 e. The Morgan fingerprint density at radius 3 is 2.44 bits per heavy atom. The summed E-state index contributed by atoms with van der Waals surface area (Å²) in [5, 5.41) is 15.3. The number of nitrogens with one attached hydrogen (secondary N) is 2. The van der Waals surface area contributed by atoms with Crippen LogP contribution < -0.4 is 10.6 Å². The molecular weight excluding hydrogens is 495 g/mol. The number of hydrogen-bond donors (Lipinski definition) is 3. The van der Waals surface area contributed by atoms with Gasteiger partial charge in [0.05, 0.1) is 16.5 Å². The van der Waals surface area contributed by atoms with E-state index in [-0.39, 0.29) is 28.5 Å². The number of nitrogens with zero attached hydrogens (tertiary/aromatic N) is 3. The van der Waals surface area contributed by atoms with Crippen molar-refractivity contribution >= 4 is 29.0 Å². The van der Waals surface area contributed by atoms with E-state index in [1.54, 1.807) is 32.6 Å². The summed E-state index contributed by atoms with van der Waals surface area (Å²) in [5.74, 6) is -0.802. The number of halogens is 3. The molecule has 12 heteroatoms. The van der Waals surface area contributed by atoms with Crippen LogP contribution in [-0.4, -0.2) is 68.2 Å². The molecule has 2 aromatic rings. The van der Waals surface area contributed by atoms with Crippen molar-refractivity contribution in [2.24, 2.45) is 0 Å². The molecular formula is C24H32F3N5O3S. The number of carbonyl (C=O) groups is 2. The van der Waals surface area contributed by atoms with Crippen molar-refractivity contribution in [1.29, 1.82) is 0 Å². The minimum atomic E-state index is -4.43. The van der Waals surface area contributed by atoms with Crippen LogP contribution in [0.15, 0.2) is 12.3 Å². The molecule has 0 saturated carbocycles. The number of aromatic nitrogens is 2. The Kier molecular flexibility index (Phi) is 7.99. The molecule has 0 aliphatic carbocycles. The molecule has 36 heavy (non-hydrogen) atoms. The van der Waals surface area contributed by atoms with Crippen LogP contribution in [0.4, 0.5) is 19.0 Å². The number of pyridine rings is 1. The van der Waals surface area contributed by atoms with Crippen LogP contribution >= 0.6 is 11.3 Å². The topological polar surface area (TPSA) is 107 Å². The second-order valence-electron chi connectivity index (χ2n) is 9.83. The Balaban J connectivity index is 2.00. The van der Waals surface area contributed by atoms with E-state index in [4.69, 9.17) is 0 Å². The summed E-state index contributed by atoms with van der Waals surface area (Å²) in [4.78, 5) is 37.0. The third-order valence-electron chi connectivity index (χ3n) is 6.46. The maximum Gasteiger partial charge on any atom is 0.408 e. The van der Waals surface area contributed by atoms with Crippen molar-refractivity contribution < 1.29 is 27.9 Å². The molecule has 3 atom stereocenters. The molecule has 1 saturated heterocycles. The van der Waals surface area contributed by atoms with E-state index in [0.29, 0.717) is 22.5 Å². The van der Waals surface area contributed by atoms with Gasteiger partial charge in [0.2, 0.25) is 0 Å². The summed E-state index contributed by atoms with van der Waals surface area (Å²) in [7, 11) is 0. The van der Waals surface area contributed by atoms with Gasteiger partial charge in [0.1, 0.15) is 17.6 Å². The maximum atomic E-state index is 13.4. The van der Waals surface area contributed by atoms with Crippen LogP contribution in [-0.2, 0) is 0 Å². The fourth-order valence-electron chi connectivity index (χ4n) is 3.73. The maximum absolute atomic E-state index is 13.4. The van der Waals surface area contributed by atoms with E-state index < -0.39 is 29.8 Å². The van der Waals surface area contributed by atoms with Gasteiger partial charge in [-0.05, 0) is 66.0 Å². The van der Waals surface area contributed by atoms with Crippen molar-refractivity contribution in [2.45, 2.75) is 84.3 Å². The van der Waals surface area contributed by atoms with E-state index in [0.717, 1.165) is 31.1 Å². The Morgan fingerprint density at radius 1 is 1.25 bits per heavy atom. The monoisotopic (exact) mass is 527 g/mol. The van der Waals surface area contributed by atoms with Crippen LogP contribution in [0, 0.1) is 6.92 Å². The van der Waals surface area contributed by atoms with Gasteiger partial charge >= 0.3 is 6.18 Å². The zero-order chi connectivity index (χ0) is 27.0. The number of hydrogen-bond acceptors (Lipinski definition) is 7. The number of likely N-dealkylation sites (tertiary alicyclic amines) is 1. The first-order valence-electron chi connectivity index (χ1n) is 11.7. The van der Waals surface area contributed by atoms with E-state index in [2.05, 4.69) is 20.6 Å². The smallest absolute Gasteiger partial charge is 0.388 e. The molecule has 2 aromatic heterocycles. The van der Waals surface area contributed by atoms with Gasteiger partial charge in [0.25, 0.3) is 11.8 Å².